The predicted molar refractivity (Wildman–Crippen MR) is 59.4 cm³/mol. The summed E-state index contributed by atoms with van der Waals surface area (Å²) in [5, 5.41) is 16.1. The van der Waals surface area contributed by atoms with Crippen molar-refractivity contribution in [2.24, 2.45) is 0 Å². The molecule has 1 aromatic carbocycles. The van der Waals surface area contributed by atoms with Crippen LogP contribution in [0.4, 0.5) is 0 Å². The summed E-state index contributed by atoms with van der Waals surface area (Å²) in [5.74, 6) is 0.289. The van der Waals surface area contributed by atoms with Crippen molar-refractivity contribution in [3.05, 3.63) is 28.2 Å². The first-order chi connectivity index (χ1) is 6.77. The van der Waals surface area contributed by atoms with Gasteiger partial charge in [-0.3, -0.25) is 0 Å². The lowest BCUT2D eigenvalue weighted by Crippen LogP contribution is -2.42. The maximum absolute atomic E-state index is 9.36. The van der Waals surface area contributed by atoms with Crippen molar-refractivity contribution < 1.29 is 5.11 Å². The fourth-order valence-electron chi connectivity index (χ4n) is 1.63. The lowest BCUT2D eigenvalue weighted by molar-refractivity contribution is 0.428. The molecular weight excluding hydrogens is 244 g/mol. The summed E-state index contributed by atoms with van der Waals surface area (Å²) in [4.78, 5) is 0. The van der Waals surface area contributed by atoms with Gasteiger partial charge in [0, 0.05) is 25.7 Å². The van der Waals surface area contributed by atoms with Crippen molar-refractivity contribution >= 4 is 15.9 Å². The molecule has 1 aliphatic rings. The summed E-state index contributed by atoms with van der Waals surface area (Å²) in [6.07, 6.45) is 0. The standard InChI is InChI=1S/C10H13BrN2O/c11-8-5-7(1-2-10(8)14)9-6-12-3-4-13-9/h1-2,5,9,12-14H,3-4,6H2/t9-/m1/s1. The Morgan fingerprint density at radius 1 is 1.36 bits per heavy atom. The fraction of sp³-hybridized carbons (Fsp3) is 0.400. The highest BCUT2D eigenvalue weighted by Crippen LogP contribution is 2.27. The molecule has 76 valence electrons. The van der Waals surface area contributed by atoms with Gasteiger partial charge in [0.25, 0.3) is 0 Å². The van der Waals surface area contributed by atoms with Gasteiger partial charge in [-0.1, -0.05) is 6.07 Å². The van der Waals surface area contributed by atoms with Crippen LogP contribution >= 0.6 is 15.9 Å². The lowest BCUT2D eigenvalue weighted by Gasteiger charge is -2.25. The zero-order valence-electron chi connectivity index (χ0n) is 7.76. The number of phenolic OH excluding ortho intramolecular Hbond substituents is 1. The molecule has 1 heterocycles. The van der Waals surface area contributed by atoms with E-state index < -0.39 is 0 Å². The molecule has 0 spiro atoms. The van der Waals surface area contributed by atoms with E-state index in [-0.39, 0.29) is 5.75 Å². The number of hydrogen-bond donors (Lipinski definition) is 3. The number of aromatic hydroxyl groups is 1. The zero-order chi connectivity index (χ0) is 9.97. The van der Waals surface area contributed by atoms with E-state index in [0.29, 0.717) is 6.04 Å². The minimum atomic E-state index is 0.289. The topological polar surface area (TPSA) is 44.3 Å². The van der Waals surface area contributed by atoms with Crippen LogP contribution < -0.4 is 10.6 Å². The molecule has 0 unspecified atom stereocenters. The van der Waals surface area contributed by atoms with Crippen LogP contribution in [0.25, 0.3) is 0 Å². The summed E-state index contributed by atoms with van der Waals surface area (Å²) in [5.41, 5.74) is 1.20. The average molecular weight is 257 g/mol. The van der Waals surface area contributed by atoms with Gasteiger partial charge in [-0.25, -0.2) is 0 Å². The highest BCUT2D eigenvalue weighted by atomic mass is 79.9. The van der Waals surface area contributed by atoms with Crippen molar-refractivity contribution in [2.45, 2.75) is 6.04 Å². The van der Waals surface area contributed by atoms with Crippen LogP contribution in [-0.2, 0) is 0 Å². The molecule has 1 fully saturated rings. The molecule has 0 aromatic heterocycles. The van der Waals surface area contributed by atoms with Crippen LogP contribution in [0, 0.1) is 0 Å². The number of piperazine rings is 1. The van der Waals surface area contributed by atoms with E-state index in [1.54, 1.807) is 6.07 Å². The minimum absolute atomic E-state index is 0.289. The van der Waals surface area contributed by atoms with Crippen LogP contribution in [-0.4, -0.2) is 24.7 Å². The van der Waals surface area contributed by atoms with Gasteiger partial charge >= 0.3 is 0 Å². The Hall–Kier alpha value is -0.580. The van der Waals surface area contributed by atoms with Gasteiger partial charge in [0.2, 0.25) is 0 Å². The normalized spacial score (nSPS) is 22.2. The third-order valence-corrected chi connectivity index (χ3v) is 3.05. The van der Waals surface area contributed by atoms with Gasteiger partial charge in [0.15, 0.2) is 0 Å². The quantitative estimate of drug-likeness (QED) is 0.712. The number of nitrogens with one attached hydrogen (secondary N) is 2. The summed E-state index contributed by atoms with van der Waals surface area (Å²) in [6.45, 7) is 2.95. The first-order valence-corrected chi connectivity index (χ1v) is 5.49. The number of rotatable bonds is 1. The van der Waals surface area contributed by atoms with E-state index in [1.807, 2.05) is 12.1 Å². The molecule has 3 nitrogen and oxygen atoms in total. The molecule has 2 rings (SSSR count). The minimum Gasteiger partial charge on any atom is -0.507 e. The van der Waals surface area contributed by atoms with Crippen LogP contribution in [0.5, 0.6) is 5.75 Å². The van der Waals surface area contributed by atoms with Gasteiger partial charge < -0.3 is 15.7 Å². The van der Waals surface area contributed by atoms with Crippen molar-refractivity contribution in [3.63, 3.8) is 0 Å². The van der Waals surface area contributed by atoms with E-state index in [1.165, 1.54) is 5.56 Å². The SMILES string of the molecule is Oc1ccc([C@H]2CNCCN2)cc1Br. The first kappa shape index (κ1) is 9.96. The zero-order valence-corrected chi connectivity index (χ0v) is 9.34. The summed E-state index contributed by atoms with van der Waals surface area (Å²) in [7, 11) is 0. The second-order valence-electron chi connectivity index (χ2n) is 3.42. The largest absolute Gasteiger partial charge is 0.507 e. The van der Waals surface area contributed by atoms with E-state index in [0.717, 1.165) is 24.1 Å². The average Bonchev–Trinajstić information content (AvgIpc) is 2.23. The second-order valence-corrected chi connectivity index (χ2v) is 4.28. The Bertz CT molecular complexity index is 324. The van der Waals surface area contributed by atoms with Gasteiger partial charge in [-0.2, -0.15) is 0 Å². The Morgan fingerprint density at radius 3 is 2.86 bits per heavy atom. The van der Waals surface area contributed by atoms with Crippen LogP contribution in [0.2, 0.25) is 0 Å². The molecule has 0 saturated carbocycles. The summed E-state index contributed by atoms with van der Waals surface area (Å²) in [6, 6.07) is 5.97. The summed E-state index contributed by atoms with van der Waals surface area (Å²) >= 11 is 3.31. The van der Waals surface area contributed by atoms with Crippen LogP contribution in [0.1, 0.15) is 11.6 Å². The van der Waals surface area contributed by atoms with Crippen LogP contribution in [0.3, 0.4) is 0 Å². The second kappa shape index (κ2) is 4.29. The highest BCUT2D eigenvalue weighted by Gasteiger charge is 2.14. The molecule has 1 aliphatic heterocycles. The monoisotopic (exact) mass is 256 g/mol. The molecule has 1 atom stereocenters. The third-order valence-electron chi connectivity index (χ3n) is 2.42. The highest BCUT2D eigenvalue weighted by molar-refractivity contribution is 9.10. The molecule has 3 N–H and O–H groups in total. The Balaban J connectivity index is 2.18. The number of phenols is 1. The molecule has 1 aromatic rings. The smallest absolute Gasteiger partial charge is 0.129 e. The molecule has 0 amide bonds. The number of benzene rings is 1. The third kappa shape index (κ3) is 2.08. The molecule has 0 aliphatic carbocycles. The van der Waals surface area contributed by atoms with Crippen molar-refractivity contribution in [3.8, 4) is 5.75 Å². The predicted octanol–water partition coefficient (Wildman–Crippen LogP) is 1.39. The molecule has 1 saturated heterocycles. The molecular formula is C10H13BrN2O. The first-order valence-electron chi connectivity index (χ1n) is 4.70. The Labute approximate surface area is 91.6 Å². The molecule has 0 radical (unpaired) electrons. The van der Waals surface area contributed by atoms with E-state index in [4.69, 9.17) is 0 Å². The molecule has 4 heteroatoms. The summed E-state index contributed by atoms with van der Waals surface area (Å²) < 4.78 is 0.752. The maximum atomic E-state index is 9.36. The lowest BCUT2D eigenvalue weighted by atomic mass is 10.1. The molecule has 14 heavy (non-hydrogen) atoms. The van der Waals surface area contributed by atoms with Crippen LogP contribution in [0.15, 0.2) is 22.7 Å². The van der Waals surface area contributed by atoms with Gasteiger partial charge in [-0.05, 0) is 33.6 Å². The van der Waals surface area contributed by atoms with Gasteiger partial charge in [0.05, 0.1) is 4.47 Å². The van der Waals surface area contributed by atoms with Crippen molar-refractivity contribution in [2.75, 3.05) is 19.6 Å². The van der Waals surface area contributed by atoms with Crippen molar-refractivity contribution in [1.82, 2.24) is 10.6 Å². The number of halogens is 1. The Morgan fingerprint density at radius 2 is 2.21 bits per heavy atom. The van der Waals surface area contributed by atoms with Gasteiger partial charge in [0.1, 0.15) is 5.75 Å². The fourth-order valence-corrected chi connectivity index (χ4v) is 2.03. The maximum Gasteiger partial charge on any atom is 0.129 e. The van der Waals surface area contributed by atoms with E-state index >= 15 is 0 Å². The van der Waals surface area contributed by atoms with E-state index in [2.05, 4.69) is 26.6 Å². The van der Waals surface area contributed by atoms with Gasteiger partial charge in [-0.15, -0.1) is 0 Å². The van der Waals surface area contributed by atoms with E-state index in [9.17, 15) is 5.11 Å². The Kier molecular flexibility index (Phi) is 3.05. The number of hydrogen-bond acceptors (Lipinski definition) is 3. The molecule has 0 bridgehead atoms. The van der Waals surface area contributed by atoms with Crippen molar-refractivity contribution in [1.29, 1.82) is 0 Å².